The van der Waals surface area contributed by atoms with Crippen molar-refractivity contribution in [1.82, 2.24) is 0 Å². The summed E-state index contributed by atoms with van der Waals surface area (Å²) in [5, 5.41) is 10.7. The zero-order valence-corrected chi connectivity index (χ0v) is 9.14. The third kappa shape index (κ3) is 2.68. The molecule has 0 heterocycles. The quantitative estimate of drug-likeness (QED) is 0.692. The lowest BCUT2D eigenvalue weighted by molar-refractivity contribution is -0.272. The van der Waals surface area contributed by atoms with Gasteiger partial charge in [-0.2, -0.15) is 0 Å². The molecule has 0 aliphatic heterocycles. The van der Waals surface area contributed by atoms with Gasteiger partial charge in [-0.25, -0.2) is 13.6 Å². The van der Waals surface area contributed by atoms with Crippen LogP contribution in [0, 0.1) is 11.6 Å². The second kappa shape index (κ2) is 4.08. The van der Waals surface area contributed by atoms with Crippen LogP contribution in [0.2, 0.25) is 0 Å². The Kier molecular flexibility index (Phi) is 3.16. The third-order valence-electron chi connectivity index (χ3n) is 1.67. The highest BCUT2D eigenvalue weighted by Gasteiger charge is 2.22. The van der Waals surface area contributed by atoms with Crippen LogP contribution in [0.25, 0.3) is 0 Å². The fourth-order valence-electron chi connectivity index (χ4n) is 1.02. The second-order valence-electron chi connectivity index (χ2n) is 4.24. The van der Waals surface area contributed by atoms with Gasteiger partial charge in [-0.3, -0.25) is 0 Å². The Labute approximate surface area is 91.7 Å². The molecule has 0 N–H and O–H groups in total. The van der Waals surface area contributed by atoms with E-state index in [1.165, 1.54) is 0 Å². The largest absolute Gasteiger partial charge is 0.870 e. The number of esters is 1. The number of ether oxygens (including phenoxy) is 1. The third-order valence-corrected chi connectivity index (χ3v) is 1.67. The van der Waals surface area contributed by atoms with E-state index in [1.54, 1.807) is 20.8 Å². The summed E-state index contributed by atoms with van der Waals surface area (Å²) in [5.74, 6) is -5.13. The van der Waals surface area contributed by atoms with Crippen molar-refractivity contribution in [2.45, 2.75) is 26.4 Å². The SMILES string of the molecule is CC(C)(C)OC(=O)c1ccc([O-])c(F)c1F. The molecule has 1 aromatic carbocycles. The zero-order chi connectivity index (χ0) is 12.5. The molecular formula is C11H11F2O3-. The van der Waals surface area contributed by atoms with E-state index >= 15 is 0 Å². The molecule has 0 radical (unpaired) electrons. The summed E-state index contributed by atoms with van der Waals surface area (Å²) in [6.07, 6.45) is 0. The first-order valence-electron chi connectivity index (χ1n) is 4.61. The number of halogens is 2. The van der Waals surface area contributed by atoms with Crippen LogP contribution in [0.4, 0.5) is 8.78 Å². The molecule has 0 atom stereocenters. The molecule has 0 amide bonds. The smallest absolute Gasteiger partial charge is 0.341 e. The molecule has 5 heteroatoms. The van der Waals surface area contributed by atoms with Gasteiger partial charge in [0.15, 0.2) is 11.6 Å². The predicted octanol–water partition coefficient (Wildman–Crippen LogP) is 1.99. The fraction of sp³-hybridized carbons (Fsp3) is 0.364. The van der Waals surface area contributed by atoms with Crippen molar-refractivity contribution in [3.8, 4) is 5.75 Å². The van der Waals surface area contributed by atoms with E-state index in [9.17, 15) is 18.7 Å². The van der Waals surface area contributed by atoms with Gasteiger partial charge < -0.3 is 9.84 Å². The minimum Gasteiger partial charge on any atom is -0.870 e. The number of carbonyl (C=O) groups excluding carboxylic acids is 1. The number of carbonyl (C=O) groups is 1. The van der Waals surface area contributed by atoms with Crippen molar-refractivity contribution in [1.29, 1.82) is 0 Å². The van der Waals surface area contributed by atoms with Crippen molar-refractivity contribution in [2.75, 3.05) is 0 Å². The van der Waals surface area contributed by atoms with Crippen molar-refractivity contribution in [3.63, 3.8) is 0 Å². The Morgan fingerprint density at radius 3 is 2.31 bits per heavy atom. The summed E-state index contributed by atoms with van der Waals surface area (Å²) >= 11 is 0. The predicted molar refractivity (Wildman–Crippen MR) is 51.0 cm³/mol. The Balaban J connectivity index is 3.06. The van der Waals surface area contributed by atoms with Gasteiger partial charge in [0.25, 0.3) is 0 Å². The van der Waals surface area contributed by atoms with E-state index in [2.05, 4.69) is 0 Å². The normalized spacial score (nSPS) is 11.3. The van der Waals surface area contributed by atoms with Crippen LogP contribution >= 0.6 is 0 Å². The van der Waals surface area contributed by atoms with Crippen molar-refractivity contribution < 1.29 is 23.4 Å². The minimum atomic E-state index is -1.57. The fourth-order valence-corrected chi connectivity index (χ4v) is 1.02. The van der Waals surface area contributed by atoms with E-state index in [-0.39, 0.29) is 0 Å². The van der Waals surface area contributed by atoms with Gasteiger partial charge in [-0.1, -0.05) is 11.8 Å². The summed E-state index contributed by atoms with van der Waals surface area (Å²) in [7, 11) is 0. The van der Waals surface area contributed by atoms with Crippen LogP contribution in [0.15, 0.2) is 12.1 Å². The van der Waals surface area contributed by atoms with Crippen molar-refractivity contribution in [3.05, 3.63) is 29.3 Å². The number of hydrogen-bond acceptors (Lipinski definition) is 3. The monoisotopic (exact) mass is 229 g/mol. The molecule has 1 aromatic rings. The van der Waals surface area contributed by atoms with E-state index in [0.717, 1.165) is 12.1 Å². The van der Waals surface area contributed by atoms with E-state index in [0.29, 0.717) is 0 Å². The highest BCUT2D eigenvalue weighted by molar-refractivity contribution is 5.90. The van der Waals surface area contributed by atoms with Gasteiger partial charge >= 0.3 is 5.97 Å². The molecule has 16 heavy (non-hydrogen) atoms. The van der Waals surface area contributed by atoms with Crippen LogP contribution in [0.1, 0.15) is 31.1 Å². The Morgan fingerprint density at radius 1 is 1.25 bits per heavy atom. The van der Waals surface area contributed by atoms with E-state index in [4.69, 9.17) is 4.74 Å². The molecule has 0 aliphatic rings. The average molecular weight is 229 g/mol. The van der Waals surface area contributed by atoms with Gasteiger partial charge in [0.2, 0.25) is 0 Å². The van der Waals surface area contributed by atoms with Crippen LogP contribution in [0.3, 0.4) is 0 Å². The van der Waals surface area contributed by atoms with Gasteiger partial charge in [0.1, 0.15) is 5.60 Å². The van der Waals surface area contributed by atoms with Crippen LogP contribution < -0.4 is 5.11 Å². The summed E-state index contributed by atoms with van der Waals surface area (Å²) < 4.78 is 31.0. The molecule has 0 aliphatic carbocycles. The van der Waals surface area contributed by atoms with Gasteiger partial charge in [0, 0.05) is 0 Å². The molecule has 1 rings (SSSR count). The lowest BCUT2D eigenvalue weighted by Crippen LogP contribution is -2.24. The van der Waals surface area contributed by atoms with E-state index < -0.39 is 34.5 Å². The van der Waals surface area contributed by atoms with Crippen molar-refractivity contribution >= 4 is 5.97 Å². The van der Waals surface area contributed by atoms with Crippen LogP contribution in [-0.2, 0) is 4.74 Å². The highest BCUT2D eigenvalue weighted by Crippen LogP contribution is 2.21. The number of hydrogen-bond donors (Lipinski definition) is 0. The summed E-state index contributed by atoms with van der Waals surface area (Å²) in [5.41, 5.74) is -1.39. The van der Waals surface area contributed by atoms with Crippen LogP contribution in [-0.4, -0.2) is 11.6 Å². The molecule has 88 valence electrons. The molecule has 0 saturated carbocycles. The molecule has 0 fully saturated rings. The standard InChI is InChI=1S/C11H12F2O3/c1-11(2,3)16-10(15)6-4-5-7(14)9(13)8(6)12/h4-5,14H,1-3H3/p-1. The van der Waals surface area contributed by atoms with Crippen molar-refractivity contribution in [2.24, 2.45) is 0 Å². The topological polar surface area (TPSA) is 49.4 Å². The van der Waals surface area contributed by atoms with Gasteiger partial charge in [-0.15, -0.1) is 0 Å². The maximum Gasteiger partial charge on any atom is 0.341 e. The lowest BCUT2D eigenvalue weighted by atomic mass is 10.1. The average Bonchev–Trinajstić information content (AvgIpc) is 2.11. The molecular weight excluding hydrogens is 218 g/mol. The van der Waals surface area contributed by atoms with E-state index in [1.807, 2.05) is 0 Å². The Bertz CT molecular complexity index is 422. The molecule has 3 nitrogen and oxygen atoms in total. The number of rotatable bonds is 1. The molecule has 0 spiro atoms. The first kappa shape index (κ1) is 12.4. The first-order valence-corrected chi connectivity index (χ1v) is 4.61. The summed E-state index contributed by atoms with van der Waals surface area (Å²) in [6.45, 7) is 4.80. The second-order valence-corrected chi connectivity index (χ2v) is 4.24. The maximum atomic E-state index is 13.2. The zero-order valence-electron chi connectivity index (χ0n) is 9.14. The molecule has 0 bridgehead atoms. The molecule has 0 aromatic heterocycles. The van der Waals surface area contributed by atoms with Gasteiger partial charge in [0.05, 0.1) is 5.56 Å². The number of benzene rings is 1. The first-order chi connectivity index (χ1) is 7.22. The minimum absolute atomic E-state index is 0.577. The Hall–Kier alpha value is -1.65. The van der Waals surface area contributed by atoms with Crippen LogP contribution in [0.5, 0.6) is 5.75 Å². The highest BCUT2D eigenvalue weighted by atomic mass is 19.2. The molecule has 0 saturated heterocycles. The Morgan fingerprint density at radius 2 is 1.81 bits per heavy atom. The summed E-state index contributed by atoms with van der Waals surface area (Å²) in [6, 6.07) is 1.70. The lowest BCUT2D eigenvalue weighted by Gasteiger charge is -2.20. The molecule has 0 unspecified atom stereocenters. The van der Waals surface area contributed by atoms with Gasteiger partial charge in [-0.05, 0) is 26.8 Å². The summed E-state index contributed by atoms with van der Waals surface area (Å²) in [4.78, 5) is 11.4. The maximum absolute atomic E-state index is 13.2.